The molecule has 0 aliphatic carbocycles. The highest BCUT2D eigenvalue weighted by atomic mass is 16.5. The maximum absolute atomic E-state index is 10.2. The van der Waals surface area contributed by atoms with Crippen molar-refractivity contribution in [3.63, 3.8) is 0 Å². The van der Waals surface area contributed by atoms with Crippen molar-refractivity contribution in [2.45, 2.75) is 5.92 Å². The van der Waals surface area contributed by atoms with Gasteiger partial charge in [0.25, 0.3) is 0 Å². The van der Waals surface area contributed by atoms with Gasteiger partial charge in [0.05, 0.1) is 20.8 Å². The van der Waals surface area contributed by atoms with E-state index in [1.54, 1.807) is 6.07 Å². The summed E-state index contributed by atoms with van der Waals surface area (Å²) < 4.78 is 10.4. The zero-order valence-electron chi connectivity index (χ0n) is 11.5. The highest BCUT2D eigenvalue weighted by Gasteiger charge is 2.22. The predicted molar refractivity (Wildman–Crippen MR) is 76.6 cm³/mol. The van der Waals surface area contributed by atoms with E-state index in [2.05, 4.69) is 0 Å². The first kappa shape index (κ1) is 14.2. The van der Waals surface area contributed by atoms with E-state index in [1.807, 2.05) is 30.3 Å². The summed E-state index contributed by atoms with van der Waals surface area (Å²) in [5, 5.41) is 19.9. The van der Waals surface area contributed by atoms with Crippen LogP contribution >= 0.6 is 0 Å². The molecule has 2 aromatic rings. The zero-order valence-corrected chi connectivity index (χ0v) is 11.5. The number of ether oxygens (including phenoxy) is 2. The third kappa shape index (κ3) is 2.70. The van der Waals surface area contributed by atoms with Gasteiger partial charge in [-0.2, -0.15) is 0 Å². The molecule has 4 heteroatoms. The van der Waals surface area contributed by atoms with Crippen LogP contribution in [0.25, 0.3) is 0 Å². The summed E-state index contributed by atoms with van der Waals surface area (Å²) in [6, 6.07) is 12.7. The van der Waals surface area contributed by atoms with E-state index in [1.165, 1.54) is 20.3 Å². The molecule has 106 valence electrons. The van der Waals surface area contributed by atoms with Crippen molar-refractivity contribution in [2.75, 3.05) is 20.8 Å². The van der Waals surface area contributed by atoms with Crippen molar-refractivity contribution < 1.29 is 19.7 Å². The third-order valence-corrected chi connectivity index (χ3v) is 3.28. The number of aromatic hydroxyl groups is 1. The van der Waals surface area contributed by atoms with Gasteiger partial charge in [-0.1, -0.05) is 30.3 Å². The number of phenolic OH excluding ortho intramolecular Hbond substituents is 1. The van der Waals surface area contributed by atoms with Crippen LogP contribution in [-0.2, 0) is 0 Å². The largest absolute Gasteiger partial charge is 0.507 e. The minimum absolute atomic E-state index is 0.0455. The Labute approximate surface area is 118 Å². The van der Waals surface area contributed by atoms with Crippen molar-refractivity contribution >= 4 is 0 Å². The first-order valence-corrected chi connectivity index (χ1v) is 6.32. The van der Waals surface area contributed by atoms with Crippen LogP contribution in [0, 0.1) is 0 Å². The van der Waals surface area contributed by atoms with E-state index < -0.39 is 0 Å². The molecule has 0 radical (unpaired) electrons. The Hall–Kier alpha value is -2.20. The van der Waals surface area contributed by atoms with Crippen LogP contribution in [-0.4, -0.2) is 31.0 Å². The monoisotopic (exact) mass is 274 g/mol. The second-order valence-electron chi connectivity index (χ2n) is 4.41. The smallest absolute Gasteiger partial charge is 0.130 e. The van der Waals surface area contributed by atoms with Crippen LogP contribution in [0.5, 0.6) is 17.2 Å². The van der Waals surface area contributed by atoms with Gasteiger partial charge in [-0.25, -0.2) is 0 Å². The van der Waals surface area contributed by atoms with E-state index in [0.717, 1.165) is 5.56 Å². The van der Waals surface area contributed by atoms with Crippen LogP contribution in [0.4, 0.5) is 0 Å². The van der Waals surface area contributed by atoms with Gasteiger partial charge in [0.1, 0.15) is 17.2 Å². The van der Waals surface area contributed by atoms with Gasteiger partial charge in [0, 0.05) is 23.6 Å². The van der Waals surface area contributed by atoms with Gasteiger partial charge in [-0.15, -0.1) is 0 Å². The van der Waals surface area contributed by atoms with E-state index in [0.29, 0.717) is 17.1 Å². The second-order valence-corrected chi connectivity index (χ2v) is 4.41. The minimum Gasteiger partial charge on any atom is -0.507 e. The van der Waals surface area contributed by atoms with Gasteiger partial charge in [-0.05, 0) is 5.56 Å². The Morgan fingerprint density at radius 1 is 1.05 bits per heavy atom. The number of methoxy groups -OCH3 is 2. The Morgan fingerprint density at radius 3 is 2.30 bits per heavy atom. The number of aliphatic hydroxyl groups excluding tert-OH is 1. The molecule has 0 fully saturated rings. The van der Waals surface area contributed by atoms with Crippen LogP contribution in [0.3, 0.4) is 0 Å². The standard InChI is InChI=1S/C16H18O4/c1-19-12-8-14(18)16(15(9-12)20-2)13(10-17)11-6-4-3-5-7-11/h3-9,13,17-18H,10H2,1-2H3. The van der Waals surface area contributed by atoms with Gasteiger partial charge < -0.3 is 19.7 Å². The highest BCUT2D eigenvalue weighted by Crippen LogP contribution is 2.40. The molecule has 2 rings (SSSR count). The van der Waals surface area contributed by atoms with Crippen molar-refractivity contribution in [3.8, 4) is 17.2 Å². The number of aliphatic hydroxyl groups is 1. The van der Waals surface area contributed by atoms with Crippen LogP contribution in [0.15, 0.2) is 42.5 Å². The lowest BCUT2D eigenvalue weighted by atomic mass is 9.90. The van der Waals surface area contributed by atoms with Crippen LogP contribution in [0.2, 0.25) is 0 Å². The Bertz CT molecular complexity index is 566. The Morgan fingerprint density at radius 2 is 1.75 bits per heavy atom. The van der Waals surface area contributed by atoms with Crippen molar-refractivity contribution in [1.82, 2.24) is 0 Å². The molecular formula is C16H18O4. The summed E-state index contributed by atoms with van der Waals surface area (Å²) in [6.45, 7) is -0.125. The summed E-state index contributed by atoms with van der Waals surface area (Å²) in [5.41, 5.74) is 1.47. The molecular weight excluding hydrogens is 256 g/mol. The molecule has 20 heavy (non-hydrogen) atoms. The predicted octanol–water partition coefficient (Wildman–Crippen LogP) is 2.53. The normalized spacial score (nSPS) is 11.9. The van der Waals surface area contributed by atoms with Gasteiger partial charge >= 0.3 is 0 Å². The molecule has 1 unspecified atom stereocenters. The average molecular weight is 274 g/mol. The lowest BCUT2D eigenvalue weighted by Gasteiger charge is -2.20. The fourth-order valence-corrected chi connectivity index (χ4v) is 2.27. The molecule has 2 N–H and O–H groups in total. The van der Waals surface area contributed by atoms with Crippen molar-refractivity contribution in [3.05, 3.63) is 53.6 Å². The lowest BCUT2D eigenvalue weighted by Crippen LogP contribution is -2.08. The number of benzene rings is 2. The number of hydrogen-bond donors (Lipinski definition) is 2. The van der Waals surface area contributed by atoms with Crippen LogP contribution < -0.4 is 9.47 Å². The van der Waals surface area contributed by atoms with Gasteiger partial charge in [0.2, 0.25) is 0 Å². The third-order valence-electron chi connectivity index (χ3n) is 3.28. The molecule has 4 nitrogen and oxygen atoms in total. The molecule has 0 heterocycles. The molecule has 0 aromatic heterocycles. The first-order valence-electron chi connectivity index (χ1n) is 6.32. The maximum atomic E-state index is 10.2. The molecule has 0 spiro atoms. The molecule has 1 atom stereocenters. The molecule has 2 aromatic carbocycles. The molecule has 0 amide bonds. The number of phenols is 1. The summed E-state index contributed by atoms with van der Waals surface area (Å²) in [5.74, 6) is 0.693. The summed E-state index contributed by atoms with van der Waals surface area (Å²) in [7, 11) is 3.05. The summed E-state index contributed by atoms with van der Waals surface area (Å²) in [6.07, 6.45) is 0. The quantitative estimate of drug-likeness (QED) is 0.879. The van der Waals surface area contributed by atoms with Crippen molar-refractivity contribution in [2.24, 2.45) is 0 Å². The summed E-state index contributed by atoms with van der Waals surface area (Å²) in [4.78, 5) is 0. The molecule has 0 aliphatic heterocycles. The van der Waals surface area contributed by atoms with Gasteiger partial charge in [0.15, 0.2) is 0 Å². The zero-order chi connectivity index (χ0) is 14.5. The average Bonchev–Trinajstić information content (AvgIpc) is 2.50. The SMILES string of the molecule is COc1cc(O)c(C(CO)c2ccccc2)c(OC)c1. The highest BCUT2D eigenvalue weighted by molar-refractivity contribution is 5.54. The number of rotatable bonds is 5. The van der Waals surface area contributed by atoms with E-state index in [9.17, 15) is 10.2 Å². The molecule has 0 bridgehead atoms. The van der Waals surface area contributed by atoms with Crippen LogP contribution in [0.1, 0.15) is 17.0 Å². The maximum Gasteiger partial charge on any atom is 0.130 e. The van der Waals surface area contributed by atoms with Crippen molar-refractivity contribution in [1.29, 1.82) is 0 Å². The Balaban J connectivity index is 2.54. The lowest BCUT2D eigenvalue weighted by molar-refractivity contribution is 0.273. The molecule has 0 aliphatic rings. The number of hydrogen-bond acceptors (Lipinski definition) is 4. The fraction of sp³-hybridized carbons (Fsp3) is 0.250. The minimum atomic E-state index is -0.350. The van der Waals surface area contributed by atoms with E-state index in [4.69, 9.17) is 9.47 Å². The van der Waals surface area contributed by atoms with E-state index >= 15 is 0 Å². The fourth-order valence-electron chi connectivity index (χ4n) is 2.27. The van der Waals surface area contributed by atoms with Gasteiger partial charge in [-0.3, -0.25) is 0 Å². The topological polar surface area (TPSA) is 58.9 Å². The molecule has 0 saturated heterocycles. The molecule has 0 saturated carbocycles. The second kappa shape index (κ2) is 6.30. The van der Waals surface area contributed by atoms with E-state index in [-0.39, 0.29) is 18.3 Å². The Kier molecular flexibility index (Phi) is 4.48. The first-order chi connectivity index (χ1) is 9.71. The summed E-state index contributed by atoms with van der Waals surface area (Å²) >= 11 is 0.